The van der Waals surface area contributed by atoms with Crippen molar-refractivity contribution < 1.29 is 5.11 Å². The number of rotatable bonds is 3. The van der Waals surface area contributed by atoms with E-state index in [0.717, 1.165) is 20.9 Å². The number of fused-ring (bicyclic) bond motifs is 1. The number of hydrogen-bond donors (Lipinski definition) is 2. The monoisotopic (exact) mass is 343 g/mol. The molecule has 0 saturated heterocycles. The van der Waals surface area contributed by atoms with Crippen LogP contribution in [-0.2, 0) is 6.42 Å². The number of anilines is 1. The number of benzene rings is 1. The van der Waals surface area contributed by atoms with Gasteiger partial charge in [0, 0.05) is 22.5 Å². The summed E-state index contributed by atoms with van der Waals surface area (Å²) in [5, 5.41) is 11.5. The van der Waals surface area contributed by atoms with Crippen LogP contribution in [0.5, 0.6) is 0 Å². The zero-order valence-corrected chi connectivity index (χ0v) is 12.8. The molecule has 4 nitrogen and oxygen atoms in total. The number of hydrogen-bond acceptors (Lipinski definition) is 4. The van der Waals surface area contributed by atoms with Gasteiger partial charge in [0.05, 0.1) is 11.2 Å². The second-order valence-corrected chi connectivity index (χ2v) is 5.71. The molecular formula is C16H14BrN3O. The summed E-state index contributed by atoms with van der Waals surface area (Å²) in [6.45, 7) is 0. The first kappa shape index (κ1) is 14.0. The number of aliphatic hydroxyl groups excluding tert-OH is 1. The molecule has 0 bridgehead atoms. The molecule has 0 radical (unpaired) electrons. The van der Waals surface area contributed by atoms with Gasteiger partial charge in [-0.1, -0.05) is 18.2 Å². The van der Waals surface area contributed by atoms with Gasteiger partial charge in [0.25, 0.3) is 0 Å². The fourth-order valence-corrected chi connectivity index (χ4v) is 2.88. The summed E-state index contributed by atoms with van der Waals surface area (Å²) in [6, 6.07) is 13.4. The van der Waals surface area contributed by atoms with Crippen molar-refractivity contribution in [2.24, 2.45) is 0 Å². The standard InChI is InChI=1S/C16H14BrN3O/c17-12-9-11-3-1-2-4-13(11)20-16(12)14(21)7-10-5-6-19-15(18)8-10/h1-6,8-9,14,21H,7H2,(H2,18,19). The molecular weight excluding hydrogens is 330 g/mol. The molecule has 0 aliphatic heterocycles. The van der Waals surface area contributed by atoms with Gasteiger partial charge in [-0.15, -0.1) is 0 Å². The minimum absolute atomic E-state index is 0.441. The zero-order chi connectivity index (χ0) is 14.8. The first-order valence-electron chi connectivity index (χ1n) is 6.57. The van der Waals surface area contributed by atoms with E-state index in [1.807, 2.05) is 36.4 Å². The quantitative estimate of drug-likeness (QED) is 0.765. The maximum Gasteiger partial charge on any atom is 0.123 e. The second-order valence-electron chi connectivity index (χ2n) is 4.86. The molecule has 0 amide bonds. The summed E-state index contributed by atoms with van der Waals surface area (Å²) in [5.74, 6) is 0.449. The fourth-order valence-electron chi connectivity index (χ4n) is 2.28. The van der Waals surface area contributed by atoms with Gasteiger partial charge in [-0.3, -0.25) is 0 Å². The Morgan fingerprint density at radius 3 is 2.81 bits per heavy atom. The van der Waals surface area contributed by atoms with E-state index in [2.05, 4.69) is 25.9 Å². The van der Waals surface area contributed by atoms with Crippen LogP contribution in [-0.4, -0.2) is 15.1 Å². The van der Waals surface area contributed by atoms with Crippen LogP contribution in [0.1, 0.15) is 17.4 Å². The van der Waals surface area contributed by atoms with Gasteiger partial charge >= 0.3 is 0 Å². The number of para-hydroxylation sites is 1. The zero-order valence-electron chi connectivity index (χ0n) is 11.2. The Labute approximate surface area is 130 Å². The number of nitrogen functional groups attached to an aromatic ring is 1. The van der Waals surface area contributed by atoms with E-state index in [4.69, 9.17) is 5.73 Å². The summed E-state index contributed by atoms with van der Waals surface area (Å²) >= 11 is 3.49. The summed E-state index contributed by atoms with van der Waals surface area (Å²) in [7, 11) is 0. The van der Waals surface area contributed by atoms with Crippen LogP contribution in [0.2, 0.25) is 0 Å². The Balaban J connectivity index is 1.93. The maximum absolute atomic E-state index is 10.5. The van der Waals surface area contributed by atoms with Crippen LogP contribution in [0.15, 0.2) is 53.1 Å². The number of nitrogens with two attached hydrogens (primary N) is 1. The molecule has 0 fully saturated rings. The normalized spacial score (nSPS) is 12.5. The average Bonchev–Trinajstić information content (AvgIpc) is 2.46. The SMILES string of the molecule is Nc1cc(CC(O)c2nc3ccccc3cc2Br)ccn1. The first-order chi connectivity index (χ1) is 10.1. The number of pyridine rings is 2. The molecule has 3 aromatic rings. The molecule has 2 heterocycles. The average molecular weight is 344 g/mol. The molecule has 5 heteroatoms. The molecule has 1 unspecified atom stereocenters. The third-order valence-electron chi connectivity index (χ3n) is 3.29. The summed E-state index contributed by atoms with van der Waals surface area (Å²) in [6.07, 6.45) is 1.38. The Morgan fingerprint density at radius 1 is 1.19 bits per heavy atom. The van der Waals surface area contributed by atoms with E-state index < -0.39 is 6.10 Å². The lowest BCUT2D eigenvalue weighted by Gasteiger charge is -2.13. The molecule has 1 aromatic carbocycles. The van der Waals surface area contributed by atoms with Crippen molar-refractivity contribution in [1.82, 2.24) is 9.97 Å². The number of aliphatic hydroxyl groups is 1. The van der Waals surface area contributed by atoms with E-state index in [9.17, 15) is 5.11 Å². The van der Waals surface area contributed by atoms with Crippen LogP contribution in [0.3, 0.4) is 0 Å². The molecule has 3 N–H and O–H groups in total. The Morgan fingerprint density at radius 2 is 2.00 bits per heavy atom. The number of aromatic nitrogens is 2. The number of halogens is 1. The largest absolute Gasteiger partial charge is 0.386 e. The lowest BCUT2D eigenvalue weighted by molar-refractivity contribution is 0.173. The van der Waals surface area contributed by atoms with E-state index in [-0.39, 0.29) is 0 Å². The van der Waals surface area contributed by atoms with Gasteiger partial charge in [-0.2, -0.15) is 0 Å². The van der Waals surface area contributed by atoms with Crippen molar-refractivity contribution in [1.29, 1.82) is 0 Å². The molecule has 1 atom stereocenters. The van der Waals surface area contributed by atoms with Crippen LogP contribution in [0.25, 0.3) is 10.9 Å². The Hall–Kier alpha value is -1.98. The predicted octanol–water partition coefficient (Wildman–Crippen LogP) is 3.25. The molecule has 0 saturated carbocycles. The van der Waals surface area contributed by atoms with Crippen molar-refractivity contribution in [3.63, 3.8) is 0 Å². The van der Waals surface area contributed by atoms with Gasteiger partial charge in [0.1, 0.15) is 11.9 Å². The van der Waals surface area contributed by atoms with Crippen molar-refractivity contribution in [3.8, 4) is 0 Å². The number of nitrogens with zero attached hydrogens (tertiary/aromatic N) is 2. The van der Waals surface area contributed by atoms with Gasteiger partial charge in [-0.25, -0.2) is 9.97 Å². The second kappa shape index (κ2) is 5.79. The topological polar surface area (TPSA) is 72.0 Å². The molecule has 106 valence electrons. The van der Waals surface area contributed by atoms with Crippen LogP contribution in [0, 0.1) is 0 Å². The molecule has 3 rings (SSSR count). The summed E-state index contributed by atoms with van der Waals surface area (Å²) < 4.78 is 0.802. The van der Waals surface area contributed by atoms with Gasteiger partial charge in [0.15, 0.2) is 0 Å². The maximum atomic E-state index is 10.5. The smallest absolute Gasteiger partial charge is 0.123 e. The van der Waals surface area contributed by atoms with Crippen molar-refractivity contribution in [2.75, 3.05) is 5.73 Å². The minimum atomic E-state index is -0.703. The highest BCUT2D eigenvalue weighted by Crippen LogP contribution is 2.28. The van der Waals surface area contributed by atoms with E-state index in [0.29, 0.717) is 17.9 Å². The Bertz CT molecular complexity index is 791. The van der Waals surface area contributed by atoms with Crippen molar-refractivity contribution >= 4 is 32.7 Å². The van der Waals surface area contributed by atoms with Crippen molar-refractivity contribution in [2.45, 2.75) is 12.5 Å². The highest BCUT2D eigenvalue weighted by molar-refractivity contribution is 9.10. The molecule has 0 spiro atoms. The van der Waals surface area contributed by atoms with E-state index >= 15 is 0 Å². The molecule has 0 aliphatic rings. The summed E-state index contributed by atoms with van der Waals surface area (Å²) in [5.41, 5.74) is 8.08. The van der Waals surface area contributed by atoms with Crippen molar-refractivity contribution in [3.05, 3.63) is 64.4 Å². The van der Waals surface area contributed by atoms with Crippen LogP contribution in [0.4, 0.5) is 5.82 Å². The minimum Gasteiger partial charge on any atom is -0.386 e. The fraction of sp³-hybridized carbons (Fsp3) is 0.125. The molecule has 0 aliphatic carbocycles. The van der Waals surface area contributed by atoms with Crippen LogP contribution < -0.4 is 5.73 Å². The highest BCUT2D eigenvalue weighted by Gasteiger charge is 2.15. The Kier molecular flexibility index (Phi) is 3.86. The lowest BCUT2D eigenvalue weighted by atomic mass is 10.1. The third-order valence-corrected chi connectivity index (χ3v) is 3.93. The van der Waals surface area contributed by atoms with Gasteiger partial charge in [0.2, 0.25) is 0 Å². The van der Waals surface area contributed by atoms with E-state index in [1.165, 1.54) is 0 Å². The van der Waals surface area contributed by atoms with Gasteiger partial charge in [-0.05, 0) is 45.8 Å². The van der Waals surface area contributed by atoms with Gasteiger partial charge < -0.3 is 10.8 Å². The molecule has 2 aromatic heterocycles. The van der Waals surface area contributed by atoms with E-state index in [1.54, 1.807) is 12.3 Å². The highest BCUT2D eigenvalue weighted by atomic mass is 79.9. The van der Waals surface area contributed by atoms with Crippen LogP contribution >= 0.6 is 15.9 Å². The predicted molar refractivity (Wildman–Crippen MR) is 86.8 cm³/mol. The summed E-state index contributed by atoms with van der Waals surface area (Å²) in [4.78, 5) is 8.50. The first-order valence-corrected chi connectivity index (χ1v) is 7.36. The third kappa shape index (κ3) is 3.04. The lowest BCUT2D eigenvalue weighted by Crippen LogP contribution is -2.06. The molecule has 21 heavy (non-hydrogen) atoms.